The van der Waals surface area contributed by atoms with Crippen molar-refractivity contribution in [1.82, 2.24) is 10.2 Å². The van der Waals surface area contributed by atoms with Crippen LogP contribution in [0.5, 0.6) is 0 Å². The maximum atomic E-state index is 12.2. The van der Waals surface area contributed by atoms with E-state index in [0.717, 1.165) is 24.9 Å². The number of hydrogen-bond acceptors (Lipinski definition) is 5. The Balaban J connectivity index is 1.81. The van der Waals surface area contributed by atoms with Crippen molar-refractivity contribution >= 4 is 17.4 Å². The molecule has 0 aliphatic carbocycles. The molecule has 0 saturated carbocycles. The molecule has 0 spiro atoms. The fraction of sp³-hybridized carbons (Fsp3) is 0.722. The van der Waals surface area contributed by atoms with Crippen LogP contribution in [-0.2, 0) is 4.74 Å². The predicted molar refractivity (Wildman–Crippen MR) is 97.3 cm³/mol. The van der Waals surface area contributed by atoms with Gasteiger partial charge in [-0.15, -0.1) is 0 Å². The Morgan fingerprint density at radius 3 is 2.92 bits per heavy atom. The molecule has 136 valence electrons. The molecule has 24 heavy (non-hydrogen) atoms. The SMILES string of the molecule is CC(NCC(O)c1ccsc1)C1CCCN(C(=O)OC(C)(C)C)C1. The highest BCUT2D eigenvalue weighted by Gasteiger charge is 2.30. The summed E-state index contributed by atoms with van der Waals surface area (Å²) < 4.78 is 5.48. The van der Waals surface area contributed by atoms with Gasteiger partial charge >= 0.3 is 6.09 Å². The van der Waals surface area contributed by atoms with E-state index in [1.165, 1.54) is 0 Å². The molecular formula is C18H30N2O3S. The third-order valence-corrected chi connectivity index (χ3v) is 5.08. The molecular weight excluding hydrogens is 324 g/mol. The number of likely N-dealkylation sites (tertiary alicyclic amines) is 1. The Morgan fingerprint density at radius 1 is 1.54 bits per heavy atom. The van der Waals surface area contributed by atoms with Gasteiger partial charge in [-0.05, 0) is 68.8 Å². The molecule has 1 saturated heterocycles. The topological polar surface area (TPSA) is 61.8 Å². The number of carbonyl (C=O) groups excluding carboxylic acids is 1. The van der Waals surface area contributed by atoms with Gasteiger partial charge in [0.2, 0.25) is 0 Å². The molecule has 0 bridgehead atoms. The van der Waals surface area contributed by atoms with Gasteiger partial charge in [0.05, 0.1) is 6.10 Å². The van der Waals surface area contributed by atoms with E-state index in [4.69, 9.17) is 4.74 Å². The monoisotopic (exact) mass is 354 g/mol. The third kappa shape index (κ3) is 5.76. The van der Waals surface area contributed by atoms with Crippen LogP contribution in [0.3, 0.4) is 0 Å². The van der Waals surface area contributed by atoms with E-state index >= 15 is 0 Å². The molecule has 3 unspecified atom stereocenters. The number of thiophene rings is 1. The van der Waals surface area contributed by atoms with Crippen molar-refractivity contribution in [1.29, 1.82) is 0 Å². The maximum Gasteiger partial charge on any atom is 0.410 e. The second-order valence-electron chi connectivity index (χ2n) is 7.60. The van der Waals surface area contributed by atoms with Crippen LogP contribution in [0.1, 0.15) is 52.2 Å². The summed E-state index contributed by atoms with van der Waals surface area (Å²) in [6.07, 6.45) is 1.37. The van der Waals surface area contributed by atoms with Crippen LogP contribution in [0.15, 0.2) is 16.8 Å². The van der Waals surface area contributed by atoms with E-state index in [9.17, 15) is 9.90 Å². The zero-order valence-electron chi connectivity index (χ0n) is 15.1. The average molecular weight is 355 g/mol. The van der Waals surface area contributed by atoms with Crippen molar-refractivity contribution in [3.05, 3.63) is 22.4 Å². The smallest absolute Gasteiger partial charge is 0.410 e. The number of rotatable bonds is 5. The summed E-state index contributed by atoms with van der Waals surface area (Å²) >= 11 is 1.59. The lowest BCUT2D eigenvalue weighted by molar-refractivity contribution is 0.0145. The normalized spacial score (nSPS) is 21.4. The molecule has 2 rings (SSSR count). The van der Waals surface area contributed by atoms with E-state index in [-0.39, 0.29) is 12.1 Å². The van der Waals surface area contributed by atoms with Crippen LogP contribution in [0.2, 0.25) is 0 Å². The first-order chi connectivity index (χ1) is 11.3. The lowest BCUT2D eigenvalue weighted by Crippen LogP contribution is -2.48. The van der Waals surface area contributed by atoms with E-state index in [0.29, 0.717) is 19.0 Å². The van der Waals surface area contributed by atoms with Crippen molar-refractivity contribution in [2.24, 2.45) is 5.92 Å². The summed E-state index contributed by atoms with van der Waals surface area (Å²) in [5.41, 5.74) is 0.497. The average Bonchev–Trinajstić information content (AvgIpc) is 3.05. The molecule has 0 aromatic carbocycles. The van der Waals surface area contributed by atoms with Crippen LogP contribution >= 0.6 is 11.3 Å². The van der Waals surface area contributed by atoms with Crippen LogP contribution in [-0.4, -0.2) is 47.4 Å². The zero-order chi connectivity index (χ0) is 17.7. The van der Waals surface area contributed by atoms with E-state index < -0.39 is 11.7 Å². The molecule has 1 aromatic heterocycles. The fourth-order valence-corrected chi connectivity index (χ4v) is 3.66. The van der Waals surface area contributed by atoms with Crippen molar-refractivity contribution in [3.8, 4) is 0 Å². The Morgan fingerprint density at radius 2 is 2.29 bits per heavy atom. The first-order valence-corrected chi connectivity index (χ1v) is 9.62. The summed E-state index contributed by atoms with van der Waals surface area (Å²) in [6, 6.07) is 2.19. The number of aliphatic hydroxyl groups is 1. The summed E-state index contributed by atoms with van der Waals surface area (Å²) in [5, 5.41) is 17.6. The number of hydrogen-bond donors (Lipinski definition) is 2. The molecule has 3 atom stereocenters. The molecule has 2 N–H and O–H groups in total. The predicted octanol–water partition coefficient (Wildman–Crippen LogP) is 3.41. The number of aliphatic hydroxyl groups excluding tert-OH is 1. The standard InChI is InChI=1S/C18H30N2O3S/c1-13(19-10-16(21)15-7-9-24-12-15)14-6-5-8-20(11-14)17(22)23-18(2,3)4/h7,9,12-14,16,19,21H,5-6,8,10-11H2,1-4H3. The van der Waals surface area contributed by atoms with Crippen LogP contribution in [0.4, 0.5) is 4.79 Å². The number of amides is 1. The van der Waals surface area contributed by atoms with Crippen molar-refractivity contribution < 1.29 is 14.6 Å². The minimum Gasteiger partial charge on any atom is -0.444 e. The Labute approximate surface area is 149 Å². The highest BCUT2D eigenvalue weighted by molar-refractivity contribution is 7.07. The van der Waals surface area contributed by atoms with E-state index in [1.807, 2.05) is 42.5 Å². The number of nitrogens with zero attached hydrogens (tertiary/aromatic N) is 1. The lowest BCUT2D eigenvalue weighted by Gasteiger charge is -2.37. The van der Waals surface area contributed by atoms with Gasteiger partial charge in [-0.1, -0.05) is 0 Å². The number of carbonyl (C=O) groups is 1. The molecule has 1 aromatic rings. The molecule has 2 heterocycles. The van der Waals surface area contributed by atoms with Gasteiger partial charge in [-0.2, -0.15) is 11.3 Å². The second kappa shape index (κ2) is 8.32. The van der Waals surface area contributed by atoms with Gasteiger partial charge in [0.15, 0.2) is 0 Å². The van der Waals surface area contributed by atoms with Gasteiger partial charge < -0.3 is 20.1 Å². The molecule has 0 radical (unpaired) electrons. The minimum atomic E-state index is -0.482. The van der Waals surface area contributed by atoms with Gasteiger partial charge in [0, 0.05) is 25.7 Å². The summed E-state index contributed by atoms with van der Waals surface area (Å²) in [6.45, 7) is 9.80. The minimum absolute atomic E-state index is 0.224. The van der Waals surface area contributed by atoms with E-state index in [2.05, 4.69) is 12.2 Å². The van der Waals surface area contributed by atoms with Gasteiger partial charge in [-0.3, -0.25) is 0 Å². The molecule has 1 aliphatic heterocycles. The Kier molecular flexibility index (Phi) is 6.66. The van der Waals surface area contributed by atoms with Gasteiger partial charge in [0.25, 0.3) is 0 Å². The maximum absolute atomic E-state index is 12.2. The largest absolute Gasteiger partial charge is 0.444 e. The molecule has 1 fully saturated rings. The second-order valence-corrected chi connectivity index (χ2v) is 8.38. The lowest BCUT2D eigenvalue weighted by atomic mass is 9.91. The van der Waals surface area contributed by atoms with Crippen LogP contribution in [0.25, 0.3) is 0 Å². The Bertz CT molecular complexity index is 513. The first kappa shape index (κ1) is 19.2. The van der Waals surface area contributed by atoms with Gasteiger partial charge in [-0.25, -0.2) is 4.79 Å². The summed E-state index contributed by atoms with van der Waals surface area (Å²) in [7, 11) is 0. The zero-order valence-corrected chi connectivity index (χ0v) is 15.9. The van der Waals surface area contributed by atoms with Crippen molar-refractivity contribution in [2.45, 2.75) is 58.3 Å². The number of ether oxygens (including phenoxy) is 1. The molecule has 1 aliphatic rings. The quantitative estimate of drug-likeness (QED) is 0.851. The molecule has 6 heteroatoms. The Hall–Kier alpha value is -1.11. The highest BCUT2D eigenvalue weighted by Crippen LogP contribution is 2.22. The van der Waals surface area contributed by atoms with Crippen LogP contribution < -0.4 is 5.32 Å². The summed E-state index contributed by atoms with van der Waals surface area (Å²) in [4.78, 5) is 14.1. The first-order valence-electron chi connectivity index (χ1n) is 8.68. The van der Waals surface area contributed by atoms with Crippen LogP contribution in [0, 0.1) is 5.92 Å². The van der Waals surface area contributed by atoms with Gasteiger partial charge in [0.1, 0.15) is 5.60 Å². The summed E-state index contributed by atoms with van der Waals surface area (Å²) in [5.74, 6) is 0.376. The fourth-order valence-electron chi connectivity index (χ4n) is 2.96. The number of piperidine rings is 1. The third-order valence-electron chi connectivity index (χ3n) is 4.38. The molecule has 5 nitrogen and oxygen atoms in total. The number of nitrogens with one attached hydrogen (secondary N) is 1. The van der Waals surface area contributed by atoms with E-state index in [1.54, 1.807) is 11.3 Å². The van der Waals surface area contributed by atoms with Crippen molar-refractivity contribution in [2.75, 3.05) is 19.6 Å². The van der Waals surface area contributed by atoms with Crippen molar-refractivity contribution in [3.63, 3.8) is 0 Å². The highest BCUT2D eigenvalue weighted by atomic mass is 32.1. The molecule has 1 amide bonds.